The van der Waals surface area contributed by atoms with Crippen LogP contribution in [0.15, 0.2) is 35.7 Å². The van der Waals surface area contributed by atoms with E-state index < -0.39 is 0 Å². The van der Waals surface area contributed by atoms with E-state index in [-0.39, 0.29) is 30.9 Å². The van der Waals surface area contributed by atoms with Crippen molar-refractivity contribution in [3.05, 3.63) is 46.2 Å². The molecule has 0 radical (unpaired) electrons. The predicted octanol–water partition coefficient (Wildman–Crippen LogP) is 2.81. The van der Waals surface area contributed by atoms with Gasteiger partial charge in [-0.3, -0.25) is 14.5 Å². The third-order valence-corrected chi connectivity index (χ3v) is 5.13. The first-order valence-electron chi connectivity index (χ1n) is 8.35. The summed E-state index contributed by atoms with van der Waals surface area (Å²) in [7, 11) is 3.44. The van der Waals surface area contributed by atoms with Crippen molar-refractivity contribution in [1.29, 1.82) is 0 Å². The predicted molar refractivity (Wildman–Crippen MR) is 105 cm³/mol. The number of rotatable bonds is 8. The molecule has 0 aliphatic heterocycles. The summed E-state index contributed by atoms with van der Waals surface area (Å²) in [6, 6.07) is 9.72. The number of anilines is 1. The second-order valence-electron chi connectivity index (χ2n) is 6.14. The molecule has 1 heterocycles. The lowest BCUT2D eigenvalue weighted by atomic mass is 10.2. The van der Waals surface area contributed by atoms with Gasteiger partial charge in [0, 0.05) is 10.9 Å². The number of thiophene rings is 1. The number of benzene rings is 1. The van der Waals surface area contributed by atoms with Crippen LogP contribution >= 0.6 is 11.3 Å². The Balaban J connectivity index is 1.81. The van der Waals surface area contributed by atoms with Gasteiger partial charge >= 0.3 is 0 Å². The molecule has 1 aromatic carbocycles. The normalized spacial score (nSPS) is 11.9. The summed E-state index contributed by atoms with van der Waals surface area (Å²) in [6.45, 7) is 4.12. The summed E-state index contributed by atoms with van der Waals surface area (Å²) >= 11 is 1.66. The van der Waals surface area contributed by atoms with E-state index in [4.69, 9.17) is 4.74 Å². The van der Waals surface area contributed by atoms with Crippen LogP contribution in [0.2, 0.25) is 0 Å². The molecule has 7 heteroatoms. The van der Waals surface area contributed by atoms with Gasteiger partial charge in [-0.1, -0.05) is 12.1 Å². The molecule has 0 aliphatic rings. The van der Waals surface area contributed by atoms with Crippen molar-refractivity contribution >= 4 is 28.8 Å². The summed E-state index contributed by atoms with van der Waals surface area (Å²) in [5, 5.41) is 7.44. The largest absolute Gasteiger partial charge is 0.495 e. The minimum Gasteiger partial charge on any atom is -0.495 e. The molecule has 6 nitrogen and oxygen atoms in total. The average molecular weight is 375 g/mol. The van der Waals surface area contributed by atoms with Gasteiger partial charge in [-0.15, -0.1) is 11.3 Å². The number of nitrogens with one attached hydrogen (secondary N) is 2. The van der Waals surface area contributed by atoms with Gasteiger partial charge in [0.1, 0.15) is 5.75 Å². The van der Waals surface area contributed by atoms with Crippen LogP contribution in [0.5, 0.6) is 5.75 Å². The SMILES string of the molecule is COc1ccc(C)cc1NC(=O)CNC(=O)CN(C)C(C)c1cccs1. The topological polar surface area (TPSA) is 70.7 Å². The van der Waals surface area contributed by atoms with Gasteiger partial charge in [0.2, 0.25) is 11.8 Å². The standard InChI is InChI=1S/C19H25N3O3S/c1-13-7-8-16(25-4)15(10-13)21-18(23)11-20-19(24)12-22(3)14(2)17-6-5-9-26-17/h5-10,14H,11-12H2,1-4H3,(H,20,24)(H,21,23). The Hall–Kier alpha value is -2.38. The summed E-state index contributed by atoms with van der Waals surface area (Å²) in [6.07, 6.45) is 0. The Morgan fingerprint density at radius 2 is 2.04 bits per heavy atom. The maximum atomic E-state index is 12.1. The number of nitrogens with zero attached hydrogens (tertiary/aromatic N) is 1. The van der Waals surface area contributed by atoms with Crippen LogP contribution in [-0.4, -0.2) is 44.0 Å². The molecule has 2 amide bonds. The number of likely N-dealkylation sites (N-methyl/N-ethyl adjacent to an activating group) is 1. The van der Waals surface area contributed by atoms with Crippen molar-refractivity contribution in [2.75, 3.05) is 32.6 Å². The number of hydrogen-bond donors (Lipinski definition) is 2. The summed E-state index contributed by atoms with van der Waals surface area (Å²) in [5.41, 5.74) is 1.60. The monoisotopic (exact) mass is 375 g/mol. The summed E-state index contributed by atoms with van der Waals surface area (Å²) in [4.78, 5) is 27.4. The molecule has 2 aromatic rings. The minimum absolute atomic E-state index is 0.0862. The number of amides is 2. The Labute approximate surface area is 158 Å². The van der Waals surface area contributed by atoms with Crippen LogP contribution in [0.4, 0.5) is 5.69 Å². The zero-order chi connectivity index (χ0) is 19.1. The van der Waals surface area contributed by atoms with Gasteiger partial charge in [-0.2, -0.15) is 0 Å². The quantitative estimate of drug-likeness (QED) is 0.744. The van der Waals surface area contributed by atoms with Gasteiger partial charge in [0.15, 0.2) is 0 Å². The maximum Gasteiger partial charge on any atom is 0.243 e. The molecule has 0 saturated heterocycles. The van der Waals surface area contributed by atoms with E-state index >= 15 is 0 Å². The fraction of sp³-hybridized carbons (Fsp3) is 0.368. The molecule has 1 aromatic heterocycles. The molecule has 0 bridgehead atoms. The number of ether oxygens (including phenoxy) is 1. The number of carbonyl (C=O) groups is 2. The number of aryl methyl sites for hydroxylation is 1. The number of carbonyl (C=O) groups excluding carboxylic acids is 2. The van der Waals surface area contributed by atoms with Crippen LogP contribution in [0.1, 0.15) is 23.4 Å². The van der Waals surface area contributed by atoms with E-state index in [1.165, 1.54) is 4.88 Å². The Morgan fingerprint density at radius 1 is 1.27 bits per heavy atom. The lowest BCUT2D eigenvalue weighted by Crippen LogP contribution is -2.39. The van der Waals surface area contributed by atoms with Crippen LogP contribution in [-0.2, 0) is 9.59 Å². The van der Waals surface area contributed by atoms with Gasteiger partial charge < -0.3 is 15.4 Å². The molecule has 0 spiro atoms. The van der Waals surface area contributed by atoms with Crippen molar-refractivity contribution < 1.29 is 14.3 Å². The van der Waals surface area contributed by atoms with Crippen molar-refractivity contribution in [2.45, 2.75) is 19.9 Å². The van der Waals surface area contributed by atoms with Crippen LogP contribution in [0, 0.1) is 6.92 Å². The third-order valence-electron chi connectivity index (χ3n) is 4.08. The van der Waals surface area contributed by atoms with Crippen molar-refractivity contribution in [1.82, 2.24) is 10.2 Å². The molecule has 0 saturated carbocycles. The zero-order valence-corrected chi connectivity index (χ0v) is 16.4. The van der Waals surface area contributed by atoms with E-state index in [0.29, 0.717) is 11.4 Å². The molecular weight excluding hydrogens is 350 g/mol. The molecule has 2 N–H and O–H groups in total. The highest BCUT2D eigenvalue weighted by Gasteiger charge is 2.16. The zero-order valence-electron chi connectivity index (χ0n) is 15.5. The summed E-state index contributed by atoms with van der Waals surface area (Å²) < 4.78 is 5.23. The van der Waals surface area contributed by atoms with E-state index in [9.17, 15) is 9.59 Å². The average Bonchev–Trinajstić information content (AvgIpc) is 3.14. The van der Waals surface area contributed by atoms with Gasteiger partial charge in [0.25, 0.3) is 0 Å². The first kappa shape index (κ1) is 19.9. The van der Waals surface area contributed by atoms with Crippen molar-refractivity contribution in [3.8, 4) is 5.75 Å². The van der Waals surface area contributed by atoms with E-state index in [1.54, 1.807) is 24.5 Å². The maximum absolute atomic E-state index is 12.1. The first-order valence-corrected chi connectivity index (χ1v) is 9.23. The Morgan fingerprint density at radius 3 is 2.69 bits per heavy atom. The van der Waals surface area contributed by atoms with Crippen molar-refractivity contribution in [3.63, 3.8) is 0 Å². The van der Waals surface area contributed by atoms with Crippen molar-refractivity contribution in [2.24, 2.45) is 0 Å². The summed E-state index contributed by atoms with van der Waals surface area (Å²) in [5.74, 6) is 0.0956. The molecule has 1 atom stereocenters. The van der Waals surface area contributed by atoms with Gasteiger partial charge in [-0.25, -0.2) is 0 Å². The first-order chi connectivity index (χ1) is 12.4. The van der Waals surface area contributed by atoms with Crippen LogP contribution in [0.25, 0.3) is 0 Å². The second-order valence-corrected chi connectivity index (χ2v) is 7.11. The fourth-order valence-electron chi connectivity index (χ4n) is 2.46. The number of methoxy groups -OCH3 is 1. The highest BCUT2D eigenvalue weighted by atomic mass is 32.1. The van der Waals surface area contributed by atoms with E-state index in [0.717, 1.165) is 5.56 Å². The number of hydrogen-bond acceptors (Lipinski definition) is 5. The van der Waals surface area contributed by atoms with Crippen LogP contribution in [0.3, 0.4) is 0 Å². The minimum atomic E-state index is -0.295. The molecular formula is C19H25N3O3S. The molecule has 1 unspecified atom stereocenters. The van der Waals surface area contributed by atoms with Crippen LogP contribution < -0.4 is 15.4 Å². The third kappa shape index (κ3) is 5.57. The Bertz CT molecular complexity index is 746. The lowest BCUT2D eigenvalue weighted by Gasteiger charge is -2.23. The van der Waals surface area contributed by atoms with E-state index in [1.807, 2.05) is 48.5 Å². The van der Waals surface area contributed by atoms with Gasteiger partial charge in [0.05, 0.1) is 25.9 Å². The smallest absolute Gasteiger partial charge is 0.243 e. The second kappa shape index (κ2) is 9.35. The lowest BCUT2D eigenvalue weighted by molar-refractivity contribution is -0.125. The molecule has 0 aliphatic carbocycles. The molecule has 26 heavy (non-hydrogen) atoms. The van der Waals surface area contributed by atoms with E-state index in [2.05, 4.69) is 17.6 Å². The molecule has 2 rings (SSSR count). The highest BCUT2D eigenvalue weighted by molar-refractivity contribution is 7.10. The Kier molecular flexibility index (Phi) is 7.17. The molecule has 0 fully saturated rings. The van der Waals surface area contributed by atoms with Gasteiger partial charge in [-0.05, 0) is 50.0 Å². The molecule has 140 valence electrons. The highest BCUT2D eigenvalue weighted by Crippen LogP contribution is 2.25. The fourth-order valence-corrected chi connectivity index (χ4v) is 3.31.